The lowest BCUT2D eigenvalue weighted by molar-refractivity contribution is 0.415. The number of sulfone groups is 1. The van der Waals surface area contributed by atoms with Crippen molar-refractivity contribution in [1.82, 2.24) is 4.98 Å². The van der Waals surface area contributed by atoms with Crippen LogP contribution in [0.2, 0.25) is 0 Å². The minimum absolute atomic E-state index is 0.137. The number of ether oxygens (including phenoxy) is 1. The molecule has 0 spiro atoms. The van der Waals surface area contributed by atoms with Crippen LogP contribution in [-0.2, 0) is 9.84 Å². The molecule has 2 aromatic carbocycles. The molecule has 0 aliphatic heterocycles. The summed E-state index contributed by atoms with van der Waals surface area (Å²) in [4.78, 5) is 3.24. The molecule has 0 atom stereocenters. The second-order valence-electron chi connectivity index (χ2n) is 4.31. The van der Waals surface area contributed by atoms with Gasteiger partial charge in [-0.3, -0.25) is 0 Å². The Kier molecular flexibility index (Phi) is 2.99. The molecular weight excluding hydrogens is 274 g/mol. The van der Waals surface area contributed by atoms with Gasteiger partial charge in [0.15, 0.2) is 0 Å². The number of methoxy groups -OCH3 is 1. The maximum atomic E-state index is 12.6. The fourth-order valence-corrected chi connectivity index (χ4v) is 3.46. The van der Waals surface area contributed by atoms with Gasteiger partial charge in [-0.15, -0.1) is 0 Å². The summed E-state index contributed by atoms with van der Waals surface area (Å²) < 4.78 is 30.4. The van der Waals surface area contributed by atoms with E-state index >= 15 is 0 Å². The molecule has 0 unspecified atom stereocenters. The molecule has 0 saturated heterocycles. The number of H-pyrrole nitrogens is 1. The van der Waals surface area contributed by atoms with Gasteiger partial charge in [-0.05, 0) is 30.3 Å². The zero-order chi connectivity index (χ0) is 14.2. The second-order valence-corrected chi connectivity index (χ2v) is 6.19. The summed E-state index contributed by atoms with van der Waals surface area (Å²) in [6, 6.07) is 13.5. The van der Waals surface area contributed by atoms with E-state index in [9.17, 15) is 8.42 Å². The Labute approximate surface area is 116 Å². The van der Waals surface area contributed by atoms with Crippen molar-refractivity contribution >= 4 is 20.7 Å². The minimum Gasteiger partial charge on any atom is -0.497 e. The third kappa shape index (κ3) is 1.96. The predicted molar refractivity (Wildman–Crippen MR) is 75.6 cm³/mol. The Morgan fingerprint density at radius 2 is 1.85 bits per heavy atom. The van der Waals surface area contributed by atoms with Gasteiger partial charge in [0.2, 0.25) is 9.84 Å². The van der Waals surface area contributed by atoms with Crippen LogP contribution in [0.25, 0.3) is 10.9 Å². The summed E-state index contributed by atoms with van der Waals surface area (Å²) in [6.07, 6.45) is 2.74. The van der Waals surface area contributed by atoms with Gasteiger partial charge < -0.3 is 9.72 Å². The molecule has 20 heavy (non-hydrogen) atoms. The summed E-state index contributed by atoms with van der Waals surface area (Å²) in [5, 5.41) is 0.577. The zero-order valence-electron chi connectivity index (χ0n) is 10.8. The number of hydrogen-bond acceptors (Lipinski definition) is 3. The van der Waals surface area contributed by atoms with Crippen molar-refractivity contribution in [2.75, 3.05) is 7.11 Å². The van der Waals surface area contributed by atoms with Gasteiger partial charge in [0.25, 0.3) is 0 Å². The first-order valence-corrected chi connectivity index (χ1v) is 7.49. The Morgan fingerprint density at radius 3 is 2.55 bits per heavy atom. The summed E-state index contributed by atoms with van der Waals surface area (Å²) in [5.41, 5.74) is 0.709. The third-order valence-corrected chi connectivity index (χ3v) is 4.86. The van der Waals surface area contributed by atoms with Crippen molar-refractivity contribution in [3.63, 3.8) is 0 Å². The Bertz CT molecular complexity index is 851. The molecule has 101 valence electrons. The second kappa shape index (κ2) is 4.68. The fourth-order valence-electron chi connectivity index (χ4n) is 2.07. The van der Waals surface area contributed by atoms with Crippen LogP contribution in [0.15, 0.2) is 58.3 Å². The SMILES string of the molecule is COc1ccc2[nH][c]c(S(=O)(=O)c3ccccc3)c2c1. The van der Waals surface area contributed by atoms with E-state index in [1.54, 1.807) is 55.6 Å². The highest BCUT2D eigenvalue weighted by atomic mass is 32.2. The molecule has 1 aromatic heterocycles. The van der Waals surface area contributed by atoms with E-state index in [1.165, 1.54) is 0 Å². The maximum absolute atomic E-state index is 12.6. The number of fused-ring (bicyclic) bond motifs is 1. The summed E-state index contributed by atoms with van der Waals surface area (Å²) in [5.74, 6) is 0.606. The molecule has 3 rings (SSSR count). The minimum atomic E-state index is -3.59. The lowest BCUT2D eigenvalue weighted by Gasteiger charge is -2.04. The summed E-state index contributed by atoms with van der Waals surface area (Å²) in [6.45, 7) is 0. The molecule has 5 heteroatoms. The number of hydrogen-bond donors (Lipinski definition) is 1. The number of nitrogens with one attached hydrogen (secondary N) is 1. The van der Waals surface area contributed by atoms with Gasteiger partial charge in [-0.25, -0.2) is 8.42 Å². The van der Waals surface area contributed by atoms with Crippen LogP contribution >= 0.6 is 0 Å². The molecule has 0 aliphatic carbocycles. The van der Waals surface area contributed by atoms with Gasteiger partial charge in [0.05, 0.1) is 18.2 Å². The van der Waals surface area contributed by atoms with E-state index in [2.05, 4.69) is 11.2 Å². The first kappa shape index (κ1) is 12.7. The van der Waals surface area contributed by atoms with Crippen LogP contribution < -0.4 is 4.74 Å². The van der Waals surface area contributed by atoms with Gasteiger partial charge in [0.1, 0.15) is 10.6 Å². The van der Waals surface area contributed by atoms with Gasteiger partial charge in [-0.1, -0.05) is 18.2 Å². The van der Waals surface area contributed by atoms with E-state index < -0.39 is 9.84 Å². The van der Waals surface area contributed by atoms with Crippen molar-refractivity contribution < 1.29 is 13.2 Å². The summed E-state index contributed by atoms with van der Waals surface area (Å²) in [7, 11) is -2.05. The van der Waals surface area contributed by atoms with Crippen molar-refractivity contribution in [2.24, 2.45) is 0 Å². The monoisotopic (exact) mass is 286 g/mol. The Morgan fingerprint density at radius 1 is 1.10 bits per heavy atom. The average molecular weight is 286 g/mol. The number of aromatic nitrogens is 1. The van der Waals surface area contributed by atoms with E-state index in [-0.39, 0.29) is 9.79 Å². The summed E-state index contributed by atoms with van der Waals surface area (Å²) >= 11 is 0. The highest BCUT2D eigenvalue weighted by molar-refractivity contribution is 7.91. The maximum Gasteiger partial charge on any atom is 0.209 e. The molecule has 0 saturated carbocycles. The smallest absolute Gasteiger partial charge is 0.209 e. The van der Waals surface area contributed by atoms with Crippen LogP contribution in [0.3, 0.4) is 0 Å². The topological polar surface area (TPSA) is 59.2 Å². The molecule has 0 bridgehead atoms. The number of aromatic amines is 1. The number of benzene rings is 2. The molecular formula is C15H12NO3S. The zero-order valence-corrected chi connectivity index (χ0v) is 11.6. The molecule has 1 radical (unpaired) electrons. The van der Waals surface area contributed by atoms with E-state index in [4.69, 9.17) is 4.74 Å². The molecule has 1 N–H and O–H groups in total. The lowest BCUT2D eigenvalue weighted by Crippen LogP contribution is -2.01. The largest absolute Gasteiger partial charge is 0.497 e. The molecule has 0 aliphatic rings. The van der Waals surface area contributed by atoms with E-state index in [0.29, 0.717) is 16.7 Å². The molecule has 0 amide bonds. The molecule has 0 fully saturated rings. The van der Waals surface area contributed by atoms with Gasteiger partial charge in [0, 0.05) is 10.9 Å². The molecule has 4 nitrogen and oxygen atoms in total. The average Bonchev–Trinajstić information content (AvgIpc) is 2.91. The third-order valence-electron chi connectivity index (χ3n) is 3.10. The quantitative estimate of drug-likeness (QED) is 0.805. The number of rotatable bonds is 3. The molecule has 3 aromatic rings. The van der Waals surface area contributed by atoms with Crippen molar-refractivity contribution in [3.8, 4) is 5.75 Å². The van der Waals surface area contributed by atoms with Crippen LogP contribution in [0, 0.1) is 6.20 Å². The predicted octanol–water partition coefficient (Wildman–Crippen LogP) is 2.81. The van der Waals surface area contributed by atoms with Gasteiger partial charge >= 0.3 is 0 Å². The highest BCUT2D eigenvalue weighted by Gasteiger charge is 2.22. The Balaban J connectivity index is 2.24. The first-order chi connectivity index (χ1) is 9.63. The Hall–Kier alpha value is -2.27. The van der Waals surface area contributed by atoms with E-state index in [0.717, 1.165) is 0 Å². The van der Waals surface area contributed by atoms with Crippen molar-refractivity contribution in [3.05, 3.63) is 54.7 Å². The first-order valence-electron chi connectivity index (χ1n) is 6.00. The van der Waals surface area contributed by atoms with Crippen LogP contribution in [0.5, 0.6) is 5.75 Å². The van der Waals surface area contributed by atoms with E-state index in [1.807, 2.05) is 0 Å². The lowest BCUT2D eigenvalue weighted by atomic mass is 10.2. The normalized spacial score (nSPS) is 11.7. The van der Waals surface area contributed by atoms with Crippen molar-refractivity contribution in [2.45, 2.75) is 9.79 Å². The van der Waals surface area contributed by atoms with Crippen LogP contribution in [-0.4, -0.2) is 20.5 Å². The molecule has 1 heterocycles. The van der Waals surface area contributed by atoms with Gasteiger partial charge in [-0.2, -0.15) is 0 Å². The highest BCUT2D eigenvalue weighted by Crippen LogP contribution is 2.30. The standard InChI is InChI=1S/C15H12NO3S/c1-19-11-7-8-14-13(9-11)15(10-16-14)20(17,18)12-5-3-2-4-6-12/h2-9,16H,1H3. The fraction of sp³-hybridized carbons (Fsp3) is 0.0667. The van der Waals surface area contributed by atoms with Crippen LogP contribution in [0.4, 0.5) is 0 Å². The van der Waals surface area contributed by atoms with Crippen molar-refractivity contribution in [1.29, 1.82) is 0 Å². The van der Waals surface area contributed by atoms with Crippen LogP contribution in [0.1, 0.15) is 0 Å².